The third kappa shape index (κ3) is 2.00. The lowest BCUT2D eigenvalue weighted by atomic mass is 10.2. The predicted octanol–water partition coefficient (Wildman–Crippen LogP) is 0.0574. The molecule has 60 valence electrons. The zero-order chi connectivity index (χ0) is 8.27. The number of carbonyl (C=O) groups is 1. The molecule has 0 aromatic rings. The van der Waals surface area contributed by atoms with E-state index in [2.05, 4.69) is 0 Å². The van der Waals surface area contributed by atoms with Crippen LogP contribution >= 0.6 is 0 Å². The van der Waals surface area contributed by atoms with E-state index in [9.17, 15) is 9.90 Å². The van der Waals surface area contributed by atoms with Gasteiger partial charge in [0.15, 0.2) is 5.78 Å². The number of hydrogen-bond acceptors (Lipinski definition) is 3. The van der Waals surface area contributed by atoms with Crippen LogP contribution in [0.25, 0.3) is 0 Å². The van der Waals surface area contributed by atoms with Gasteiger partial charge in [-0.25, -0.2) is 0 Å². The first-order valence-corrected chi connectivity index (χ1v) is 3.35. The topological polar surface area (TPSA) is 46.5 Å². The van der Waals surface area contributed by atoms with Crippen LogP contribution in [-0.2, 0) is 9.53 Å². The Kier molecular flexibility index (Phi) is 2.57. The van der Waals surface area contributed by atoms with Crippen LogP contribution in [0.1, 0.15) is 0 Å². The van der Waals surface area contributed by atoms with Gasteiger partial charge in [0.05, 0.1) is 0 Å². The summed E-state index contributed by atoms with van der Waals surface area (Å²) < 4.78 is 4.89. The first-order valence-electron chi connectivity index (χ1n) is 3.35. The quantitative estimate of drug-likeness (QED) is 0.580. The summed E-state index contributed by atoms with van der Waals surface area (Å²) >= 11 is 0. The molecule has 0 fully saturated rings. The molecule has 1 aliphatic carbocycles. The number of ketones is 1. The average Bonchev–Trinajstić information content (AvgIpc) is 2.15. The number of aliphatic hydroxyl groups excluding tert-OH is 1. The van der Waals surface area contributed by atoms with Gasteiger partial charge in [-0.15, -0.1) is 0 Å². The van der Waals surface area contributed by atoms with Gasteiger partial charge in [0, 0.05) is 7.11 Å². The van der Waals surface area contributed by atoms with Gasteiger partial charge >= 0.3 is 0 Å². The van der Waals surface area contributed by atoms with Crippen molar-refractivity contribution in [1.82, 2.24) is 0 Å². The van der Waals surface area contributed by atoms with Crippen molar-refractivity contribution in [1.29, 1.82) is 0 Å². The van der Waals surface area contributed by atoms with Crippen LogP contribution in [0.3, 0.4) is 0 Å². The number of rotatable bonds is 1. The highest BCUT2D eigenvalue weighted by molar-refractivity contribution is 5.99. The molecule has 0 bridgehead atoms. The molecule has 0 amide bonds. The van der Waals surface area contributed by atoms with E-state index in [-0.39, 0.29) is 5.78 Å². The second-order valence-electron chi connectivity index (χ2n) is 2.31. The molecular formula is C8H10O3. The fourth-order valence-corrected chi connectivity index (χ4v) is 0.880. The molecule has 0 saturated carbocycles. The standard InChI is InChI=1S/C8H10O3/c1-11-8-5-3-6(9)2-4-7(8)10/h2-5,7-8,10H,1H3/t7-,8-/m1/s1. The molecule has 3 nitrogen and oxygen atoms in total. The highest BCUT2D eigenvalue weighted by atomic mass is 16.5. The Labute approximate surface area is 65.0 Å². The van der Waals surface area contributed by atoms with Crippen molar-refractivity contribution in [3.8, 4) is 0 Å². The second-order valence-corrected chi connectivity index (χ2v) is 2.31. The van der Waals surface area contributed by atoms with Crippen LogP contribution in [0.5, 0.6) is 0 Å². The Hall–Kier alpha value is -0.930. The van der Waals surface area contributed by atoms with Crippen molar-refractivity contribution in [2.24, 2.45) is 0 Å². The first kappa shape index (κ1) is 8.17. The molecule has 11 heavy (non-hydrogen) atoms. The van der Waals surface area contributed by atoms with E-state index in [1.165, 1.54) is 25.3 Å². The lowest BCUT2D eigenvalue weighted by Gasteiger charge is -2.12. The van der Waals surface area contributed by atoms with Crippen molar-refractivity contribution in [2.75, 3.05) is 7.11 Å². The Morgan fingerprint density at radius 2 is 2.09 bits per heavy atom. The molecule has 1 rings (SSSR count). The second kappa shape index (κ2) is 3.46. The smallest absolute Gasteiger partial charge is 0.178 e. The molecule has 0 aromatic heterocycles. The number of ether oxygens (including phenoxy) is 1. The zero-order valence-electron chi connectivity index (χ0n) is 6.23. The number of carbonyl (C=O) groups excluding carboxylic acids is 1. The van der Waals surface area contributed by atoms with Crippen molar-refractivity contribution in [3.05, 3.63) is 24.3 Å². The van der Waals surface area contributed by atoms with E-state index in [1.54, 1.807) is 6.08 Å². The van der Waals surface area contributed by atoms with Crippen LogP contribution in [0.4, 0.5) is 0 Å². The molecule has 0 heterocycles. The maximum absolute atomic E-state index is 10.7. The lowest BCUT2D eigenvalue weighted by Crippen LogP contribution is -2.22. The summed E-state index contributed by atoms with van der Waals surface area (Å²) in [7, 11) is 1.49. The summed E-state index contributed by atoms with van der Waals surface area (Å²) in [6.07, 6.45) is 4.57. The molecule has 0 saturated heterocycles. The third-order valence-electron chi connectivity index (χ3n) is 1.52. The molecule has 1 aliphatic rings. The van der Waals surface area contributed by atoms with E-state index < -0.39 is 12.2 Å². The Bertz CT molecular complexity index is 205. The molecule has 0 radical (unpaired) electrons. The number of methoxy groups -OCH3 is 1. The third-order valence-corrected chi connectivity index (χ3v) is 1.52. The van der Waals surface area contributed by atoms with Gasteiger partial charge in [0.25, 0.3) is 0 Å². The fourth-order valence-electron chi connectivity index (χ4n) is 0.880. The van der Waals surface area contributed by atoms with Crippen molar-refractivity contribution in [2.45, 2.75) is 12.2 Å². The summed E-state index contributed by atoms with van der Waals surface area (Å²) in [6, 6.07) is 0. The maximum atomic E-state index is 10.7. The molecule has 0 unspecified atom stereocenters. The molecule has 0 spiro atoms. The van der Waals surface area contributed by atoms with Crippen molar-refractivity contribution in [3.63, 3.8) is 0 Å². The monoisotopic (exact) mass is 154 g/mol. The number of aliphatic hydroxyl groups is 1. The van der Waals surface area contributed by atoms with E-state index in [1.807, 2.05) is 0 Å². The summed E-state index contributed by atoms with van der Waals surface area (Å²) in [6.45, 7) is 0. The minimum Gasteiger partial charge on any atom is -0.386 e. The molecule has 0 aliphatic heterocycles. The van der Waals surface area contributed by atoms with Gasteiger partial charge in [0.1, 0.15) is 12.2 Å². The maximum Gasteiger partial charge on any atom is 0.178 e. The van der Waals surface area contributed by atoms with Gasteiger partial charge in [-0.3, -0.25) is 4.79 Å². The van der Waals surface area contributed by atoms with Gasteiger partial charge in [0.2, 0.25) is 0 Å². The van der Waals surface area contributed by atoms with Crippen LogP contribution < -0.4 is 0 Å². The summed E-state index contributed by atoms with van der Waals surface area (Å²) in [5.74, 6) is -0.122. The minimum absolute atomic E-state index is 0.122. The Morgan fingerprint density at radius 1 is 1.45 bits per heavy atom. The first-order chi connectivity index (χ1) is 5.24. The largest absolute Gasteiger partial charge is 0.386 e. The Balaban J connectivity index is 2.76. The van der Waals surface area contributed by atoms with Crippen LogP contribution in [0.15, 0.2) is 24.3 Å². The normalized spacial score (nSPS) is 30.5. The van der Waals surface area contributed by atoms with E-state index in [0.717, 1.165) is 0 Å². The number of hydrogen-bond donors (Lipinski definition) is 1. The van der Waals surface area contributed by atoms with Crippen LogP contribution in [-0.4, -0.2) is 30.2 Å². The average molecular weight is 154 g/mol. The summed E-state index contributed by atoms with van der Waals surface area (Å²) in [5, 5.41) is 9.25. The molecule has 2 atom stereocenters. The van der Waals surface area contributed by atoms with Gasteiger partial charge in [-0.2, -0.15) is 0 Å². The molecular weight excluding hydrogens is 144 g/mol. The zero-order valence-corrected chi connectivity index (χ0v) is 6.23. The van der Waals surface area contributed by atoms with Crippen LogP contribution in [0.2, 0.25) is 0 Å². The van der Waals surface area contributed by atoms with Gasteiger partial charge < -0.3 is 9.84 Å². The predicted molar refractivity (Wildman–Crippen MR) is 40.1 cm³/mol. The minimum atomic E-state index is -0.720. The van der Waals surface area contributed by atoms with Gasteiger partial charge in [-0.05, 0) is 24.3 Å². The number of allylic oxidation sites excluding steroid dienone is 2. The summed E-state index contributed by atoms with van der Waals surface area (Å²) in [4.78, 5) is 10.7. The fraction of sp³-hybridized carbons (Fsp3) is 0.375. The van der Waals surface area contributed by atoms with Crippen molar-refractivity contribution < 1.29 is 14.6 Å². The SMILES string of the molecule is CO[C@@H]1C=CC(=O)C=C[C@H]1O. The van der Waals surface area contributed by atoms with Crippen LogP contribution in [0, 0.1) is 0 Å². The molecule has 1 N–H and O–H groups in total. The van der Waals surface area contributed by atoms with Crippen molar-refractivity contribution >= 4 is 5.78 Å². The lowest BCUT2D eigenvalue weighted by molar-refractivity contribution is -0.110. The molecule has 0 aromatic carbocycles. The van der Waals surface area contributed by atoms with E-state index >= 15 is 0 Å². The highest BCUT2D eigenvalue weighted by Gasteiger charge is 2.14. The Morgan fingerprint density at radius 3 is 2.73 bits per heavy atom. The van der Waals surface area contributed by atoms with Gasteiger partial charge in [-0.1, -0.05) is 0 Å². The highest BCUT2D eigenvalue weighted by Crippen LogP contribution is 2.05. The van der Waals surface area contributed by atoms with E-state index in [4.69, 9.17) is 4.74 Å². The van der Waals surface area contributed by atoms with E-state index in [0.29, 0.717) is 0 Å². The summed E-state index contributed by atoms with van der Waals surface area (Å²) in [5.41, 5.74) is 0. The molecule has 3 heteroatoms.